The van der Waals surface area contributed by atoms with E-state index in [4.69, 9.17) is 4.74 Å². The Morgan fingerprint density at radius 2 is 2.15 bits per heavy atom. The summed E-state index contributed by atoms with van der Waals surface area (Å²) >= 11 is 0. The summed E-state index contributed by atoms with van der Waals surface area (Å²) in [5.41, 5.74) is 1.78. The van der Waals surface area contributed by atoms with Gasteiger partial charge in [0.2, 0.25) is 5.95 Å². The Hall–Kier alpha value is -2.83. The number of benzene rings is 1. The van der Waals surface area contributed by atoms with Crippen molar-refractivity contribution >= 4 is 11.7 Å². The minimum Gasteiger partial charge on any atom is -0.497 e. The summed E-state index contributed by atoms with van der Waals surface area (Å²) in [5, 5.41) is 3.04. The Morgan fingerprint density at radius 1 is 1.33 bits per heavy atom. The highest BCUT2D eigenvalue weighted by Gasteiger charge is 2.27. The van der Waals surface area contributed by atoms with Crippen LogP contribution in [0.3, 0.4) is 0 Å². The fourth-order valence-electron chi connectivity index (χ4n) is 3.37. The first-order valence-electron chi connectivity index (χ1n) is 9.05. The first kappa shape index (κ1) is 18.9. The average Bonchev–Trinajstić information content (AvgIpc) is 2.67. The number of ether oxygens (including phenoxy) is 1. The van der Waals surface area contributed by atoms with Crippen LogP contribution >= 0.6 is 0 Å². The van der Waals surface area contributed by atoms with Crippen LogP contribution in [0.2, 0.25) is 0 Å². The van der Waals surface area contributed by atoms with E-state index in [0.717, 1.165) is 17.0 Å². The molecule has 2 atom stereocenters. The molecule has 1 aliphatic heterocycles. The van der Waals surface area contributed by atoms with E-state index >= 15 is 0 Å². The van der Waals surface area contributed by atoms with Crippen molar-refractivity contribution in [2.45, 2.75) is 25.9 Å². The molecule has 3 rings (SSSR count). The normalized spacial score (nSPS) is 18.1. The number of nitrogens with zero attached hydrogens (tertiary/aromatic N) is 3. The van der Waals surface area contributed by atoms with Crippen LogP contribution in [0.5, 0.6) is 5.75 Å². The number of carbonyl (C=O) groups excluding carboxylic acids is 1. The van der Waals surface area contributed by atoms with E-state index in [2.05, 4.69) is 15.2 Å². The van der Waals surface area contributed by atoms with Gasteiger partial charge in [-0.3, -0.25) is 0 Å². The third-order valence-corrected chi connectivity index (χ3v) is 4.89. The molecule has 1 aromatic heterocycles. The van der Waals surface area contributed by atoms with Crippen molar-refractivity contribution in [3.8, 4) is 5.75 Å². The molecule has 0 radical (unpaired) electrons. The van der Waals surface area contributed by atoms with E-state index in [-0.39, 0.29) is 18.1 Å². The lowest BCUT2D eigenvalue weighted by atomic mass is 10.1. The van der Waals surface area contributed by atoms with Crippen molar-refractivity contribution in [2.75, 3.05) is 31.6 Å². The SMILES string of the molecule is COc1cccc([C@@H](C)NC(=O)N2CCN(c3ccnc(F)c3)[C@H](C)C2)c1. The number of hydrogen-bond acceptors (Lipinski definition) is 4. The third-order valence-electron chi connectivity index (χ3n) is 4.89. The molecule has 0 spiro atoms. The number of carbonyl (C=O) groups is 1. The number of pyridine rings is 1. The van der Waals surface area contributed by atoms with Crippen LogP contribution < -0.4 is 15.0 Å². The first-order chi connectivity index (χ1) is 13.0. The molecule has 2 amide bonds. The van der Waals surface area contributed by atoms with Gasteiger partial charge >= 0.3 is 6.03 Å². The summed E-state index contributed by atoms with van der Waals surface area (Å²) in [6.45, 7) is 5.77. The van der Waals surface area contributed by atoms with Gasteiger partial charge in [0.15, 0.2) is 0 Å². The van der Waals surface area contributed by atoms with Gasteiger partial charge < -0.3 is 19.9 Å². The van der Waals surface area contributed by atoms with E-state index < -0.39 is 5.95 Å². The van der Waals surface area contributed by atoms with E-state index in [1.165, 1.54) is 12.3 Å². The Balaban J connectivity index is 1.60. The van der Waals surface area contributed by atoms with Gasteiger partial charge in [0.25, 0.3) is 0 Å². The lowest BCUT2D eigenvalue weighted by Gasteiger charge is -2.41. The number of anilines is 1. The van der Waals surface area contributed by atoms with Crippen LogP contribution in [-0.2, 0) is 0 Å². The second-order valence-corrected chi connectivity index (χ2v) is 6.77. The molecule has 1 N–H and O–H groups in total. The van der Waals surface area contributed by atoms with Crippen LogP contribution in [0.25, 0.3) is 0 Å². The fraction of sp³-hybridized carbons (Fsp3) is 0.400. The van der Waals surface area contributed by atoms with Gasteiger partial charge in [-0.05, 0) is 37.6 Å². The fourth-order valence-corrected chi connectivity index (χ4v) is 3.37. The molecule has 2 aromatic rings. The molecule has 0 saturated carbocycles. The van der Waals surface area contributed by atoms with E-state index in [0.29, 0.717) is 19.6 Å². The molecular weight excluding hydrogens is 347 g/mol. The molecule has 0 bridgehead atoms. The number of hydrogen-bond donors (Lipinski definition) is 1. The number of piperazine rings is 1. The molecule has 1 aromatic carbocycles. The molecule has 1 saturated heterocycles. The second-order valence-electron chi connectivity index (χ2n) is 6.77. The molecule has 144 valence electrons. The van der Waals surface area contributed by atoms with Crippen molar-refractivity contribution in [1.82, 2.24) is 15.2 Å². The van der Waals surface area contributed by atoms with Crippen molar-refractivity contribution in [1.29, 1.82) is 0 Å². The third kappa shape index (κ3) is 4.48. The Labute approximate surface area is 158 Å². The number of urea groups is 1. The second kappa shape index (κ2) is 8.24. The van der Waals surface area contributed by atoms with Gasteiger partial charge in [-0.15, -0.1) is 0 Å². The molecule has 0 aliphatic carbocycles. The van der Waals surface area contributed by atoms with Gasteiger partial charge in [-0.1, -0.05) is 12.1 Å². The quantitative estimate of drug-likeness (QED) is 0.838. The van der Waals surface area contributed by atoms with Gasteiger partial charge in [-0.25, -0.2) is 9.78 Å². The maximum Gasteiger partial charge on any atom is 0.318 e. The minimum absolute atomic E-state index is 0.0819. The highest BCUT2D eigenvalue weighted by Crippen LogP contribution is 2.22. The Bertz CT molecular complexity index is 801. The lowest BCUT2D eigenvalue weighted by Crippen LogP contribution is -2.56. The number of methoxy groups -OCH3 is 1. The standard InChI is InChI=1S/C20H25FN4O2/c1-14-13-24(9-10-25(14)17-7-8-22-19(21)12-17)20(26)23-15(2)16-5-4-6-18(11-16)27-3/h4-8,11-12,14-15H,9-10,13H2,1-3H3,(H,23,26)/t14-,15-/m1/s1. The van der Waals surface area contributed by atoms with E-state index in [1.807, 2.05) is 38.1 Å². The van der Waals surface area contributed by atoms with Crippen molar-refractivity contribution in [3.05, 3.63) is 54.1 Å². The summed E-state index contributed by atoms with van der Waals surface area (Å²) in [4.78, 5) is 20.2. The van der Waals surface area contributed by atoms with Crippen LogP contribution in [-0.4, -0.2) is 48.7 Å². The molecule has 2 heterocycles. The maximum absolute atomic E-state index is 13.4. The Morgan fingerprint density at radius 3 is 2.85 bits per heavy atom. The molecule has 6 nitrogen and oxygen atoms in total. The minimum atomic E-state index is -0.494. The first-order valence-corrected chi connectivity index (χ1v) is 9.05. The summed E-state index contributed by atoms with van der Waals surface area (Å²) < 4.78 is 18.6. The zero-order chi connectivity index (χ0) is 19.4. The zero-order valence-electron chi connectivity index (χ0n) is 15.9. The van der Waals surface area contributed by atoms with E-state index in [9.17, 15) is 9.18 Å². The highest BCUT2D eigenvalue weighted by atomic mass is 19.1. The molecule has 7 heteroatoms. The predicted molar refractivity (Wildman–Crippen MR) is 103 cm³/mol. The molecule has 27 heavy (non-hydrogen) atoms. The number of halogens is 1. The van der Waals surface area contributed by atoms with E-state index in [1.54, 1.807) is 18.1 Å². The zero-order valence-corrected chi connectivity index (χ0v) is 15.9. The lowest BCUT2D eigenvalue weighted by molar-refractivity contribution is 0.183. The van der Waals surface area contributed by atoms with Crippen LogP contribution in [0.4, 0.5) is 14.9 Å². The van der Waals surface area contributed by atoms with Crippen molar-refractivity contribution < 1.29 is 13.9 Å². The largest absolute Gasteiger partial charge is 0.497 e. The van der Waals surface area contributed by atoms with Crippen LogP contribution in [0, 0.1) is 5.95 Å². The molecule has 1 fully saturated rings. The average molecular weight is 372 g/mol. The maximum atomic E-state index is 13.4. The summed E-state index contributed by atoms with van der Waals surface area (Å²) in [7, 11) is 1.62. The van der Waals surface area contributed by atoms with Gasteiger partial charge in [0.05, 0.1) is 13.2 Å². The van der Waals surface area contributed by atoms with Gasteiger partial charge in [0.1, 0.15) is 5.75 Å². The van der Waals surface area contributed by atoms with Crippen LogP contribution in [0.15, 0.2) is 42.6 Å². The topological polar surface area (TPSA) is 57.7 Å². The monoisotopic (exact) mass is 372 g/mol. The smallest absolute Gasteiger partial charge is 0.318 e. The van der Waals surface area contributed by atoms with Crippen LogP contribution in [0.1, 0.15) is 25.5 Å². The molecule has 1 aliphatic rings. The Kier molecular flexibility index (Phi) is 5.78. The number of rotatable bonds is 4. The van der Waals surface area contributed by atoms with Gasteiger partial charge in [-0.2, -0.15) is 4.39 Å². The summed E-state index contributed by atoms with van der Waals surface area (Å²) in [6.07, 6.45) is 1.46. The number of aromatic nitrogens is 1. The highest BCUT2D eigenvalue weighted by molar-refractivity contribution is 5.75. The van der Waals surface area contributed by atoms with Gasteiger partial charge in [0, 0.05) is 43.6 Å². The number of amides is 2. The number of nitrogens with one attached hydrogen (secondary N) is 1. The van der Waals surface area contributed by atoms with Crippen molar-refractivity contribution in [2.24, 2.45) is 0 Å². The van der Waals surface area contributed by atoms with Crippen molar-refractivity contribution in [3.63, 3.8) is 0 Å². The molecular formula is C20H25FN4O2. The predicted octanol–water partition coefficient (Wildman–Crippen LogP) is 3.21. The summed E-state index contributed by atoms with van der Waals surface area (Å²) in [6, 6.07) is 10.7. The summed E-state index contributed by atoms with van der Waals surface area (Å²) in [5.74, 6) is 0.271. The molecule has 0 unspecified atom stereocenters.